The molecule has 1 aromatic carbocycles. The van der Waals surface area contributed by atoms with Crippen molar-refractivity contribution in [1.29, 1.82) is 0 Å². The number of aliphatic imine (C=N–C) groups is 1. The number of hydrogen-bond donors (Lipinski definition) is 2. The monoisotopic (exact) mass is 512 g/mol. The van der Waals surface area contributed by atoms with Gasteiger partial charge in [0, 0.05) is 39.0 Å². The number of aromatic nitrogens is 3. The number of ether oxygens (including phenoxy) is 1. The van der Waals surface area contributed by atoms with E-state index in [1.54, 1.807) is 7.11 Å². The van der Waals surface area contributed by atoms with Crippen LogP contribution in [0.2, 0.25) is 0 Å². The molecular formula is C21H33IN6O. The summed E-state index contributed by atoms with van der Waals surface area (Å²) in [4.78, 5) is 4.72. The fraction of sp³-hybridized carbons (Fsp3) is 0.571. The van der Waals surface area contributed by atoms with Gasteiger partial charge in [0.2, 0.25) is 0 Å². The minimum atomic E-state index is 0. The predicted molar refractivity (Wildman–Crippen MR) is 127 cm³/mol. The molecule has 0 aliphatic carbocycles. The Morgan fingerprint density at radius 2 is 2.00 bits per heavy atom. The van der Waals surface area contributed by atoms with Crippen LogP contribution in [-0.4, -0.2) is 47.5 Å². The largest absolute Gasteiger partial charge is 0.496 e. The predicted octanol–water partition coefficient (Wildman–Crippen LogP) is 2.97. The van der Waals surface area contributed by atoms with Crippen molar-refractivity contribution in [2.75, 3.05) is 26.7 Å². The van der Waals surface area contributed by atoms with E-state index in [1.807, 2.05) is 18.2 Å². The molecule has 1 aromatic heterocycles. The molecule has 8 heteroatoms. The molecule has 0 unspecified atom stereocenters. The number of aryl methyl sites for hydroxylation is 1. The first-order valence-electron chi connectivity index (χ1n) is 10.4. The van der Waals surface area contributed by atoms with Crippen molar-refractivity contribution in [3.05, 3.63) is 41.5 Å². The third-order valence-corrected chi connectivity index (χ3v) is 5.01. The van der Waals surface area contributed by atoms with Crippen LogP contribution in [0.25, 0.3) is 0 Å². The van der Waals surface area contributed by atoms with Gasteiger partial charge in [0.25, 0.3) is 0 Å². The van der Waals surface area contributed by atoms with E-state index in [4.69, 9.17) is 9.73 Å². The van der Waals surface area contributed by atoms with Crippen molar-refractivity contribution in [1.82, 2.24) is 25.4 Å². The van der Waals surface area contributed by atoms with Crippen molar-refractivity contribution < 1.29 is 4.74 Å². The maximum absolute atomic E-state index is 5.42. The highest BCUT2D eigenvalue weighted by molar-refractivity contribution is 14.0. The standard InChI is InChI=1S/C21H32N6O.HI/c1-3-22-21(23-14-12-17-9-6-7-10-18(17)28-2)24-15-13-20-26-25-19-11-5-4-8-16-27(19)20;/h6-7,9-10H,3-5,8,11-16H2,1-2H3,(H2,22,23,24);1H. The van der Waals surface area contributed by atoms with Crippen LogP contribution in [-0.2, 0) is 25.8 Å². The zero-order valence-corrected chi connectivity index (χ0v) is 19.8. The number of para-hydroxylation sites is 1. The maximum atomic E-state index is 5.42. The first kappa shape index (κ1) is 23.4. The van der Waals surface area contributed by atoms with Gasteiger partial charge in [-0.3, -0.25) is 4.99 Å². The van der Waals surface area contributed by atoms with Crippen molar-refractivity contribution in [2.24, 2.45) is 4.99 Å². The summed E-state index contributed by atoms with van der Waals surface area (Å²) >= 11 is 0. The highest BCUT2D eigenvalue weighted by atomic mass is 127. The molecule has 7 nitrogen and oxygen atoms in total. The lowest BCUT2D eigenvalue weighted by atomic mass is 10.1. The fourth-order valence-corrected chi connectivity index (χ4v) is 3.56. The summed E-state index contributed by atoms with van der Waals surface area (Å²) in [5.74, 6) is 3.97. The number of benzene rings is 1. The Labute approximate surface area is 190 Å². The quantitative estimate of drug-likeness (QED) is 0.323. The second-order valence-electron chi connectivity index (χ2n) is 6.99. The minimum Gasteiger partial charge on any atom is -0.496 e. The number of guanidine groups is 1. The van der Waals surface area contributed by atoms with E-state index in [-0.39, 0.29) is 24.0 Å². The van der Waals surface area contributed by atoms with Gasteiger partial charge in [0.05, 0.1) is 7.11 Å². The summed E-state index contributed by atoms with van der Waals surface area (Å²) in [5.41, 5.74) is 1.19. The molecule has 2 heterocycles. The molecule has 29 heavy (non-hydrogen) atoms. The zero-order valence-electron chi connectivity index (χ0n) is 17.5. The van der Waals surface area contributed by atoms with Crippen molar-refractivity contribution in [2.45, 2.75) is 52.0 Å². The summed E-state index contributed by atoms with van der Waals surface area (Å²) in [7, 11) is 1.71. The van der Waals surface area contributed by atoms with E-state index in [0.717, 1.165) is 62.3 Å². The number of hydrogen-bond acceptors (Lipinski definition) is 4. The smallest absolute Gasteiger partial charge is 0.191 e. The molecule has 2 aromatic rings. The van der Waals surface area contributed by atoms with Crippen LogP contribution in [0, 0.1) is 0 Å². The van der Waals surface area contributed by atoms with Crippen molar-refractivity contribution in [3.8, 4) is 5.75 Å². The van der Waals surface area contributed by atoms with Gasteiger partial charge >= 0.3 is 0 Å². The lowest BCUT2D eigenvalue weighted by Gasteiger charge is -2.13. The van der Waals surface area contributed by atoms with E-state index >= 15 is 0 Å². The SMILES string of the molecule is CCNC(=NCCc1nnc2n1CCCCC2)NCCc1ccccc1OC.I. The van der Waals surface area contributed by atoms with Crippen LogP contribution in [0.15, 0.2) is 29.3 Å². The number of nitrogens with one attached hydrogen (secondary N) is 2. The van der Waals surface area contributed by atoms with Crippen LogP contribution in [0.4, 0.5) is 0 Å². The molecule has 0 radical (unpaired) electrons. The Bertz CT molecular complexity index is 776. The lowest BCUT2D eigenvalue weighted by molar-refractivity contribution is 0.409. The molecule has 1 aliphatic heterocycles. The third kappa shape index (κ3) is 6.87. The number of methoxy groups -OCH3 is 1. The van der Waals surface area contributed by atoms with Crippen LogP contribution < -0.4 is 15.4 Å². The minimum absolute atomic E-state index is 0. The van der Waals surface area contributed by atoms with Gasteiger partial charge in [-0.1, -0.05) is 24.6 Å². The average Bonchev–Trinajstić information content (AvgIpc) is 2.94. The maximum Gasteiger partial charge on any atom is 0.191 e. The average molecular weight is 512 g/mol. The van der Waals surface area contributed by atoms with E-state index in [0.29, 0.717) is 6.54 Å². The van der Waals surface area contributed by atoms with E-state index < -0.39 is 0 Å². The highest BCUT2D eigenvalue weighted by Crippen LogP contribution is 2.17. The Morgan fingerprint density at radius 3 is 2.83 bits per heavy atom. The highest BCUT2D eigenvalue weighted by Gasteiger charge is 2.14. The van der Waals surface area contributed by atoms with Crippen LogP contribution >= 0.6 is 24.0 Å². The van der Waals surface area contributed by atoms with Gasteiger partial charge in [-0.15, -0.1) is 34.2 Å². The topological polar surface area (TPSA) is 76.4 Å². The van der Waals surface area contributed by atoms with Crippen LogP contribution in [0.5, 0.6) is 5.75 Å². The molecule has 1 aliphatic rings. The summed E-state index contributed by atoms with van der Waals surface area (Å²) in [5, 5.41) is 15.5. The van der Waals surface area contributed by atoms with Gasteiger partial charge in [-0.05, 0) is 37.8 Å². The zero-order chi connectivity index (χ0) is 19.6. The second kappa shape index (κ2) is 12.7. The Morgan fingerprint density at radius 1 is 1.14 bits per heavy atom. The number of nitrogens with zero attached hydrogens (tertiary/aromatic N) is 4. The molecule has 0 bridgehead atoms. The third-order valence-electron chi connectivity index (χ3n) is 5.01. The summed E-state index contributed by atoms with van der Waals surface area (Å²) in [6, 6.07) is 8.13. The van der Waals surface area contributed by atoms with E-state index in [2.05, 4.69) is 38.4 Å². The molecule has 3 rings (SSSR count). The van der Waals surface area contributed by atoms with Gasteiger partial charge in [-0.2, -0.15) is 0 Å². The molecule has 160 valence electrons. The van der Waals surface area contributed by atoms with Crippen LogP contribution in [0.1, 0.15) is 43.4 Å². The molecule has 0 amide bonds. The molecule has 0 spiro atoms. The number of halogens is 1. The molecule has 0 saturated carbocycles. The first-order valence-corrected chi connectivity index (χ1v) is 10.4. The summed E-state index contributed by atoms with van der Waals surface area (Å²) in [6.45, 7) is 5.45. The molecule has 0 saturated heterocycles. The van der Waals surface area contributed by atoms with E-state index in [9.17, 15) is 0 Å². The number of rotatable bonds is 8. The van der Waals surface area contributed by atoms with Gasteiger partial charge in [-0.25, -0.2) is 0 Å². The van der Waals surface area contributed by atoms with Gasteiger partial charge in [0.1, 0.15) is 17.4 Å². The Hall–Kier alpha value is -1.84. The Kier molecular flexibility index (Phi) is 10.2. The fourth-order valence-electron chi connectivity index (χ4n) is 3.56. The van der Waals surface area contributed by atoms with E-state index in [1.165, 1.54) is 24.8 Å². The van der Waals surface area contributed by atoms with Crippen LogP contribution in [0.3, 0.4) is 0 Å². The Balaban J connectivity index is 0.00000300. The first-order chi connectivity index (χ1) is 13.8. The van der Waals surface area contributed by atoms with Crippen molar-refractivity contribution in [3.63, 3.8) is 0 Å². The normalized spacial score (nSPS) is 13.8. The molecule has 0 atom stereocenters. The second-order valence-corrected chi connectivity index (χ2v) is 6.99. The number of fused-ring (bicyclic) bond motifs is 1. The lowest BCUT2D eigenvalue weighted by Crippen LogP contribution is -2.38. The summed E-state index contributed by atoms with van der Waals surface area (Å²) in [6.07, 6.45) is 6.46. The van der Waals surface area contributed by atoms with Gasteiger partial charge in [0.15, 0.2) is 5.96 Å². The van der Waals surface area contributed by atoms with Crippen molar-refractivity contribution >= 4 is 29.9 Å². The molecule has 2 N–H and O–H groups in total. The summed E-state index contributed by atoms with van der Waals surface area (Å²) < 4.78 is 7.72. The molecular weight excluding hydrogens is 479 g/mol. The molecule has 0 fully saturated rings. The van der Waals surface area contributed by atoms with Gasteiger partial charge < -0.3 is 19.9 Å².